The second-order valence-electron chi connectivity index (χ2n) is 6.45. The number of quaternary nitrogens is 1. The van der Waals surface area contributed by atoms with Gasteiger partial charge in [-0.2, -0.15) is 0 Å². The molecule has 0 amide bonds. The van der Waals surface area contributed by atoms with Crippen molar-refractivity contribution in [2.24, 2.45) is 0 Å². The van der Waals surface area contributed by atoms with E-state index in [0.29, 0.717) is 6.54 Å². The van der Waals surface area contributed by atoms with Crippen molar-refractivity contribution < 1.29 is 34.2 Å². The van der Waals surface area contributed by atoms with Crippen LogP contribution in [0.1, 0.15) is 58.3 Å². The van der Waals surface area contributed by atoms with Gasteiger partial charge in [-0.15, -0.1) is 0 Å². The van der Waals surface area contributed by atoms with E-state index < -0.39 is 17.9 Å². The highest BCUT2D eigenvalue weighted by Gasteiger charge is 2.28. The highest BCUT2D eigenvalue weighted by Crippen LogP contribution is 2.13. The van der Waals surface area contributed by atoms with E-state index in [4.69, 9.17) is 15.3 Å². The highest BCUT2D eigenvalue weighted by molar-refractivity contribution is 5.67. The molecule has 0 fully saturated rings. The first-order valence-electron chi connectivity index (χ1n) is 8.97. The lowest BCUT2D eigenvalue weighted by atomic mass is 10.1. The molecule has 0 aliphatic carbocycles. The lowest BCUT2D eigenvalue weighted by Gasteiger charge is -2.37. The maximum absolute atomic E-state index is 10.9. The van der Waals surface area contributed by atoms with Gasteiger partial charge in [0, 0.05) is 0 Å². The largest absolute Gasteiger partial charge is 0.481 e. The number of carboxylic acids is 3. The molecule has 0 aromatic carbocycles. The Hall–Kier alpha value is -1.89. The summed E-state index contributed by atoms with van der Waals surface area (Å²) in [5.74, 6) is -2.88. The maximum Gasteiger partial charge on any atom is 0.309 e. The van der Waals surface area contributed by atoms with Crippen molar-refractivity contribution in [1.82, 2.24) is 0 Å². The number of nitrogens with zero attached hydrogens (tertiary/aromatic N) is 1. The lowest BCUT2D eigenvalue weighted by molar-refractivity contribution is -0.921. The number of carboxylic acid groups (broad SMARTS) is 3. The summed E-state index contributed by atoms with van der Waals surface area (Å²) in [7, 11) is 0. The Labute approximate surface area is 149 Å². The van der Waals surface area contributed by atoms with Gasteiger partial charge in [-0.05, 0) is 18.9 Å². The van der Waals surface area contributed by atoms with Crippen molar-refractivity contribution in [3.63, 3.8) is 0 Å². The Morgan fingerprint density at radius 3 is 1.64 bits per heavy atom. The normalized spacial score (nSPS) is 11.7. The summed E-state index contributed by atoms with van der Waals surface area (Å²) >= 11 is 0. The molecule has 0 atom stereocenters. The zero-order chi connectivity index (χ0) is 19.1. The average molecular weight is 358 g/mol. The Morgan fingerprint density at radius 1 is 0.760 bits per heavy atom. The predicted molar refractivity (Wildman–Crippen MR) is 94.4 cm³/mol. The molecule has 0 rings (SSSR count). The minimum atomic E-state index is -0.961. The summed E-state index contributed by atoms with van der Waals surface area (Å²) in [5.41, 5.74) is 0. The summed E-state index contributed by atoms with van der Waals surface area (Å²) in [6.07, 6.45) is 9.20. The highest BCUT2D eigenvalue weighted by atomic mass is 16.4. The van der Waals surface area contributed by atoms with Crippen LogP contribution in [-0.2, 0) is 14.4 Å². The second-order valence-corrected chi connectivity index (χ2v) is 6.45. The smallest absolute Gasteiger partial charge is 0.309 e. The molecule has 0 radical (unpaired) electrons. The summed E-state index contributed by atoms with van der Waals surface area (Å²) in [4.78, 5) is 32.8. The van der Waals surface area contributed by atoms with Crippen LogP contribution in [0.5, 0.6) is 0 Å². The van der Waals surface area contributed by atoms with Gasteiger partial charge in [0.1, 0.15) is 0 Å². The van der Waals surface area contributed by atoms with Crippen LogP contribution in [0.2, 0.25) is 0 Å². The van der Waals surface area contributed by atoms with Crippen LogP contribution in [0.4, 0.5) is 0 Å². The third kappa shape index (κ3) is 13.1. The minimum Gasteiger partial charge on any atom is -0.481 e. The Bertz CT molecular complexity index is 401. The van der Waals surface area contributed by atoms with Gasteiger partial charge in [-0.25, -0.2) is 0 Å². The number of aliphatic carboxylic acids is 3. The van der Waals surface area contributed by atoms with Crippen LogP contribution >= 0.6 is 0 Å². The van der Waals surface area contributed by atoms with Crippen molar-refractivity contribution in [2.45, 2.75) is 58.3 Å². The zero-order valence-corrected chi connectivity index (χ0v) is 15.2. The minimum absolute atomic E-state index is 0.108. The first-order chi connectivity index (χ1) is 11.8. The van der Waals surface area contributed by atoms with Crippen LogP contribution in [0.15, 0.2) is 12.2 Å². The molecule has 0 saturated heterocycles. The molecular formula is C18H32NO6+. The van der Waals surface area contributed by atoms with E-state index in [2.05, 4.69) is 6.92 Å². The molecule has 0 spiro atoms. The number of carbonyl (C=O) groups is 3. The number of allylic oxidation sites excluding steroid dienone is 1. The molecule has 25 heavy (non-hydrogen) atoms. The quantitative estimate of drug-likeness (QED) is 0.222. The SMILES string of the molecule is CCCCCC/C=C/C[N+](CCC(=O)O)(CCC(=O)O)CCC(=O)O. The molecule has 7 heteroatoms. The fraction of sp³-hybridized carbons (Fsp3) is 0.722. The van der Waals surface area contributed by atoms with Crippen LogP contribution in [0, 0.1) is 0 Å². The van der Waals surface area contributed by atoms with E-state index in [-0.39, 0.29) is 43.4 Å². The monoisotopic (exact) mass is 358 g/mol. The summed E-state index contributed by atoms with van der Waals surface area (Å²) < 4.78 is 0.177. The molecule has 0 aliphatic rings. The standard InChI is InChI=1S/C18H31NO6/c1-2-3-4-5-6-7-8-12-19(13-9-16(20)21,14-10-17(22)23)15-11-18(24)25/h7-8H,2-6,9-15H2,1H3,(H2-,20,21,22,23,24,25)/p+1/b8-7+. The molecule has 0 aromatic rings. The third-order valence-electron chi connectivity index (χ3n) is 4.28. The first kappa shape index (κ1) is 23.1. The van der Waals surface area contributed by atoms with E-state index in [1.807, 2.05) is 12.2 Å². The number of hydrogen-bond acceptors (Lipinski definition) is 3. The topological polar surface area (TPSA) is 112 Å². The Kier molecular flexibility index (Phi) is 12.4. The third-order valence-corrected chi connectivity index (χ3v) is 4.28. The molecule has 0 saturated carbocycles. The van der Waals surface area contributed by atoms with Crippen molar-refractivity contribution in [3.05, 3.63) is 12.2 Å². The maximum atomic E-state index is 10.9. The van der Waals surface area contributed by atoms with E-state index in [1.54, 1.807) is 0 Å². The molecular weight excluding hydrogens is 326 g/mol. The summed E-state index contributed by atoms with van der Waals surface area (Å²) in [5, 5.41) is 26.9. The van der Waals surface area contributed by atoms with Gasteiger partial charge in [0.2, 0.25) is 0 Å². The van der Waals surface area contributed by atoms with Crippen molar-refractivity contribution in [2.75, 3.05) is 26.2 Å². The van der Waals surface area contributed by atoms with E-state index in [0.717, 1.165) is 19.3 Å². The fourth-order valence-corrected chi connectivity index (χ4v) is 2.71. The van der Waals surface area contributed by atoms with Crippen molar-refractivity contribution >= 4 is 17.9 Å². The van der Waals surface area contributed by atoms with Gasteiger partial charge in [-0.3, -0.25) is 14.4 Å². The van der Waals surface area contributed by atoms with Gasteiger partial charge in [-0.1, -0.05) is 32.3 Å². The number of hydrogen-bond donors (Lipinski definition) is 3. The molecule has 0 heterocycles. The average Bonchev–Trinajstić information content (AvgIpc) is 2.54. The van der Waals surface area contributed by atoms with E-state index in [1.165, 1.54) is 12.8 Å². The van der Waals surface area contributed by atoms with Crippen LogP contribution < -0.4 is 0 Å². The molecule has 0 bridgehead atoms. The zero-order valence-electron chi connectivity index (χ0n) is 15.2. The fourth-order valence-electron chi connectivity index (χ4n) is 2.71. The van der Waals surface area contributed by atoms with Crippen molar-refractivity contribution in [1.29, 1.82) is 0 Å². The molecule has 0 aromatic heterocycles. The van der Waals surface area contributed by atoms with E-state index >= 15 is 0 Å². The first-order valence-corrected chi connectivity index (χ1v) is 8.97. The summed E-state index contributed by atoms with van der Waals surface area (Å²) in [6.45, 7) is 3.30. The summed E-state index contributed by atoms with van der Waals surface area (Å²) in [6, 6.07) is 0. The molecule has 7 nitrogen and oxygen atoms in total. The number of unbranched alkanes of at least 4 members (excludes halogenated alkanes) is 4. The van der Waals surface area contributed by atoms with Crippen LogP contribution in [0.3, 0.4) is 0 Å². The van der Waals surface area contributed by atoms with Gasteiger partial charge < -0.3 is 19.8 Å². The van der Waals surface area contributed by atoms with Gasteiger partial charge in [0.05, 0.1) is 45.4 Å². The lowest BCUT2D eigenvalue weighted by Crippen LogP contribution is -2.51. The van der Waals surface area contributed by atoms with Crippen molar-refractivity contribution in [3.8, 4) is 0 Å². The Balaban J connectivity index is 4.86. The molecule has 0 aliphatic heterocycles. The van der Waals surface area contributed by atoms with Crippen LogP contribution in [-0.4, -0.2) is 63.9 Å². The second kappa shape index (κ2) is 13.4. The van der Waals surface area contributed by atoms with Gasteiger partial charge >= 0.3 is 17.9 Å². The van der Waals surface area contributed by atoms with E-state index in [9.17, 15) is 14.4 Å². The van der Waals surface area contributed by atoms with Gasteiger partial charge in [0.15, 0.2) is 0 Å². The Morgan fingerprint density at radius 2 is 1.24 bits per heavy atom. The van der Waals surface area contributed by atoms with Gasteiger partial charge in [0.25, 0.3) is 0 Å². The molecule has 0 unspecified atom stereocenters. The number of rotatable bonds is 16. The molecule has 3 N–H and O–H groups in total. The predicted octanol–water partition coefficient (Wildman–Crippen LogP) is 2.75. The van der Waals surface area contributed by atoms with Crippen LogP contribution in [0.25, 0.3) is 0 Å². The molecule has 144 valence electrons.